The van der Waals surface area contributed by atoms with Crippen molar-refractivity contribution in [2.75, 3.05) is 31.2 Å². The summed E-state index contributed by atoms with van der Waals surface area (Å²) in [6.07, 6.45) is 0. The average molecular weight is 228 g/mol. The van der Waals surface area contributed by atoms with Gasteiger partial charge in [-0.05, 0) is 18.6 Å². The molecule has 0 amide bonds. The summed E-state index contributed by atoms with van der Waals surface area (Å²) < 4.78 is 11.0. The number of hydrogen-bond acceptors (Lipinski definition) is 3. The first-order valence-corrected chi connectivity index (χ1v) is 5.43. The summed E-state index contributed by atoms with van der Waals surface area (Å²) in [6, 6.07) is 4.43. The molecule has 82 valence electrons. The predicted molar refractivity (Wildman–Crippen MR) is 61.3 cm³/mol. The van der Waals surface area contributed by atoms with Crippen LogP contribution >= 0.6 is 11.6 Å². The van der Waals surface area contributed by atoms with Gasteiger partial charge in [0.1, 0.15) is 13.2 Å². The molecular weight excluding hydrogens is 214 g/mol. The first-order valence-electron chi connectivity index (χ1n) is 4.89. The highest BCUT2D eigenvalue weighted by Gasteiger charge is 2.15. The topological polar surface area (TPSA) is 21.7 Å². The van der Waals surface area contributed by atoms with Gasteiger partial charge in [-0.3, -0.25) is 0 Å². The van der Waals surface area contributed by atoms with E-state index in [4.69, 9.17) is 21.1 Å². The third-order valence-electron chi connectivity index (χ3n) is 2.45. The van der Waals surface area contributed by atoms with Gasteiger partial charge in [0.05, 0.1) is 6.00 Å². The van der Waals surface area contributed by atoms with E-state index in [0.717, 1.165) is 22.7 Å². The molecule has 0 fully saturated rings. The van der Waals surface area contributed by atoms with E-state index < -0.39 is 0 Å². The van der Waals surface area contributed by atoms with Crippen molar-refractivity contribution in [2.24, 2.45) is 0 Å². The zero-order valence-corrected chi connectivity index (χ0v) is 9.67. The lowest BCUT2D eigenvalue weighted by Crippen LogP contribution is -2.19. The van der Waals surface area contributed by atoms with Crippen LogP contribution in [0.4, 0.5) is 5.69 Å². The SMILES string of the molecule is Cc1cc2c(cc1N(C)CCl)OCCO2. The molecule has 1 aliphatic heterocycles. The maximum atomic E-state index is 5.80. The van der Waals surface area contributed by atoms with Gasteiger partial charge in [-0.15, -0.1) is 11.6 Å². The summed E-state index contributed by atoms with van der Waals surface area (Å²) in [7, 11) is 1.95. The van der Waals surface area contributed by atoms with Gasteiger partial charge in [-0.25, -0.2) is 0 Å². The van der Waals surface area contributed by atoms with E-state index in [2.05, 4.69) is 0 Å². The second-order valence-corrected chi connectivity index (χ2v) is 3.84. The van der Waals surface area contributed by atoms with Crippen LogP contribution in [0.5, 0.6) is 11.5 Å². The number of fused-ring (bicyclic) bond motifs is 1. The van der Waals surface area contributed by atoms with Crippen molar-refractivity contribution in [3.8, 4) is 11.5 Å². The van der Waals surface area contributed by atoms with Crippen LogP contribution in [0.3, 0.4) is 0 Å². The monoisotopic (exact) mass is 227 g/mol. The molecule has 1 aromatic rings. The van der Waals surface area contributed by atoms with Gasteiger partial charge in [-0.2, -0.15) is 0 Å². The molecule has 4 heteroatoms. The van der Waals surface area contributed by atoms with Crippen LogP contribution in [0.2, 0.25) is 0 Å². The average Bonchev–Trinajstić information content (AvgIpc) is 2.27. The highest BCUT2D eigenvalue weighted by atomic mass is 35.5. The molecule has 1 aliphatic rings. The minimum absolute atomic E-state index is 0.459. The van der Waals surface area contributed by atoms with Crippen LogP contribution in [0, 0.1) is 6.92 Å². The smallest absolute Gasteiger partial charge is 0.163 e. The van der Waals surface area contributed by atoms with Gasteiger partial charge in [0.25, 0.3) is 0 Å². The van der Waals surface area contributed by atoms with Crippen LogP contribution in [0.25, 0.3) is 0 Å². The van der Waals surface area contributed by atoms with Crippen molar-refractivity contribution < 1.29 is 9.47 Å². The highest BCUT2D eigenvalue weighted by molar-refractivity contribution is 6.19. The van der Waals surface area contributed by atoms with Crippen molar-refractivity contribution >= 4 is 17.3 Å². The molecule has 0 saturated heterocycles. The number of aryl methyl sites for hydroxylation is 1. The van der Waals surface area contributed by atoms with Crippen LogP contribution < -0.4 is 14.4 Å². The van der Waals surface area contributed by atoms with E-state index in [1.165, 1.54) is 0 Å². The molecule has 15 heavy (non-hydrogen) atoms. The second kappa shape index (κ2) is 4.19. The number of rotatable bonds is 2. The Morgan fingerprint density at radius 3 is 2.47 bits per heavy atom. The quantitative estimate of drug-likeness (QED) is 0.572. The van der Waals surface area contributed by atoms with Crippen LogP contribution in [-0.4, -0.2) is 26.3 Å². The first kappa shape index (κ1) is 10.4. The Hall–Kier alpha value is -1.09. The molecule has 2 rings (SSSR count). The highest BCUT2D eigenvalue weighted by Crippen LogP contribution is 2.36. The molecule has 0 spiro atoms. The summed E-state index contributed by atoms with van der Waals surface area (Å²) in [5.41, 5.74) is 2.22. The van der Waals surface area contributed by atoms with Gasteiger partial charge in [-0.1, -0.05) is 0 Å². The minimum atomic E-state index is 0.459. The Kier molecular flexibility index (Phi) is 2.91. The number of halogens is 1. The van der Waals surface area contributed by atoms with Crippen LogP contribution in [-0.2, 0) is 0 Å². The van der Waals surface area contributed by atoms with E-state index in [1.54, 1.807) is 0 Å². The van der Waals surface area contributed by atoms with Gasteiger partial charge < -0.3 is 14.4 Å². The number of hydrogen-bond donors (Lipinski definition) is 0. The fourth-order valence-corrected chi connectivity index (χ4v) is 1.78. The van der Waals surface area contributed by atoms with Crippen molar-refractivity contribution in [1.82, 2.24) is 0 Å². The lowest BCUT2D eigenvalue weighted by Gasteiger charge is -2.24. The Labute approximate surface area is 94.5 Å². The number of nitrogens with zero attached hydrogens (tertiary/aromatic N) is 1. The lowest BCUT2D eigenvalue weighted by molar-refractivity contribution is 0.171. The van der Waals surface area contributed by atoms with E-state index in [-0.39, 0.29) is 0 Å². The summed E-state index contributed by atoms with van der Waals surface area (Å²) in [6.45, 7) is 3.27. The molecule has 0 unspecified atom stereocenters. The second-order valence-electron chi connectivity index (χ2n) is 3.60. The summed E-state index contributed by atoms with van der Waals surface area (Å²) in [5.74, 6) is 1.63. The Balaban J connectivity index is 2.40. The largest absolute Gasteiger partial charge is 0.486 e. The van der Waals surface area contributed by atoms with Crippen molar-refractivity contribution in [2.45, 2.75) is 6.92 Å². The van der Waals surface area contributed by atoms with E-state index in [1.807, 2.05) is 31.0 Å². The number of anilines is 1. The molecule has 0 aliphatic carbocycles. The normalized spacial score (nSPS) is 13.8. The molecule has 1 heterocycles. The van der Waals surface area contributed by atoms with E-state index in [0.29, 0.717) is 19.2 Å². The zero-order valence-electron chi connectivity index (χ0n) is 8.92. The van der Waals surface area contributed by atoms with Gasteiger partial charge >= 0.3 is 0 Å². The minimum Gasteiger partial charge on any atom is -0.486 e. The predicted octanol–water partition coefficient (Wildman–Crippen LogP) is 2.40. The summed E-state index contributed by atoms with van der Waals surface area (Å²) in [5, 5.41) is 0. The van der Waals surface area contributed by atoms with Gasteiger partial charge in [0.15, 0.2) is 11.5 Å². The van der Waals surface area contributed by atoms with Crippen LogP contribution in [0.15, 0.2) is 12.1 Å². The zero-order chi connectivity index (χ0) is 10.8. The summed E-state index contributed by atoms with van der Waals surface area (Å²) in [4.78, 5) is 1.97. The summed E-state index contributed by atoms with van der Waals surface area (Å²) >= 11 is 5.80. The lowest BCUT2D eigenvalue weighted by atomic mass is 10.1. The third-order valence-corrected chi connectivity index (χ3v) is 2.81. The molecule has 0 saturated carbocycles. The standard InChI is InChI=1S/C11H14ClNO2/c1-8-5-10-11(15-4-3-14-10)6-9(8)13(2)7-12/h5-6H,3-4,7H2,1-2H3. The van der Waals surface area contributed by atoms with E-state index >= 15 is 0 Å². The number of benzene rings is 1. The molecule has 0 N–H and O–H groups in total. The van der Waals surface area contributed by atoms with Gasteiger partial charge in [0.2, 0.25) is 0 Å². The van der Waals surface area contributed by atoms with Gasteiger partial charge in [0, 0.05) is 18.8 Å². The first-order chi connectivity index (χ1) is 7.22. The Bertz CT molecular complexity index is 368. The number of ether oxygens (including phenoxy) is 2. The third kappa shape index (κ3) is 1.97. The number of alkyl halides is 1. The van der Waals surface area contributed by atoms with Crippen molar-refractivity contribution in [1.29, 1.82) is 0 Å². The van der Waals surface area contributed by atoms with Crippen molar-refractivity contribution in [3.05, 3.63) is 17.7 Å². The van der Waals surface area contributed by atoms with Crippen LogP contribution in [0.1, 0.15) is 5.56 Å². The molecule has 1 aromatic carbocycles. The fraction of sp³-hybridized carbons (Fsp3) is 0.455. The molecule has 0 radical (unpaired) electrons. The molecule has 0 aromatic heterocycles. The van der Waals surface area contributed by atoms with Crippen molar-refractivity contribution in [3.63, 3.8) is 0 Å². The maximum absolute atomic E-state index is 5.80. The van der Waals surface area contributed by atoms with E-state index in [9.17, 15) is 0 Å². The molecule has 3 nitrogen and oxygen atoms in total. The molecule has 0 bridgehead atoms. The Morgan fingerprint density at radius 2 is 1.87 bits per heavy atom. The molecular formula is C11H14ClNO2. The fourth-order valence-electron chi connectivity index (χ4n) is 1.66. The Morgan fingerprint density at radius 1 is 1.27 bits per heavy atom. The molecule has 0 atom stereocenters. The maximum Gasteiger partial charge on any atom is 0.163 e.